The molecule has 22 heavy (non-hydrogen) atoms. The third kappa shape index (κ3) is 2.66. The highest BCUT2D eigenvalue weighted by molar-refractivity contribution is 6.31. The Morgan fingerprint density at radius 1 is 1.27 bits per heavy atom. The highest BCUT2D eigenvalue weighted by Gasteiger charge is 2.32. The van der Waals surface area contributed by atoms with Crippen molar-refractivity contribution in [2.45, 2.75) is 11.5 Å². The number of nitrogens with two attached hydrogens (primary N) is 1. The van der Waals surface area contributed by atoms with Crippen LogP contribution >= 0.6 is 11.6 Å². The van der Waals surface area contributed by atoms with Gasteiger partial charge in [0, 0.05) is 12.4 Å². The number of alkyl halides is 1. The van der Waals surface area contributed by atoms with Gasteiger partial charge >= 0.3 is 0 Å². The van der Waals surface area contributed by atoms with E-state index in [1.165, 1.54) is 17.2 Å². The zero-order valence-corrected chi connectivity index (χ0v) is 12.2. The Hall–Kier alpha value is -2.45. The highest BCUT2D eigenvalue weighted by Crippen LogP contribution is 2.27. The fourth-order valence-corrected chi connectivity index (χ4v) is 2.53. The van der Waals surface area contributed by atoms with Crippen LogP contribution < -0.4 is 5.73 Å². The summed E-state index contributed by atoms with van der Waals surface area (Å²) in [5.41, 5.74) is 5.84. The van der Waals surface area contributed by atoms with E-state index in [1.807, 2.05) is 12.1 Å². The first-order valence-electron chi connectivity index (χ1n) is 6.56. The van der Waals surface area contributed by atoms with Gasteiger partial charge in [-0.1, -0.05) is 17.7 Å². The topological polar surface area (TPSA) is 105 Å². The molecular weight excluding hydrogens is 306 g/mol. The Kier molecular flexibility index (Phi) is 4.03. The van der Waals surface area contributed by atoms with Crippen LogP contribution in [0.3, 0.4) is 0 Å². The summed E-state index contributed by atoms with van der Waals surface area (Å²) in [4.78, 5) is 11.4. The number of aromatic nitrogens is 4. The summed E-state index contributed by atoms with van der Waals surface area (Å²) in [5.74, 6) is 0.611. The van der Waals surface area contributed by atoms with Crippen LogP contribution in [-0.4, -0.2) is 47.9 Å². The molecular formula is C13H14ClN7O. The second kappa shape index (κ2) is 6.12. The lowest BCUT2D eigenvalue weighted by Gasteiger charge is -2.35. The number of aliphatic imine (C=N–C) groups is 1. The third-order valence-corrected chi connectivity index (χ3v) is 3.61. The fourth-order valence-electron chi connectivity index (χ4n) is 2.20. The number of pyridine rings is 1. The number of hydrogen-bond donors (Lipinski definition) is 2. The van der Waals surface area contributed by atoms with Crippen molar-refractivity contribution in [2.75, 3.05) is 6.61 Å². The van der Waals surface area contributed by atoms with Crippen molar-refractivity contribution < 1.29 is 5.11 Å². The van der Waals surface area contributed by atoms with E-state index in [2.05, 4.69) is 20.2 Å². The molecule has 8 nitrogen and oxygen atoms in total. The van der Waals surface area contributed by atoms with E-state index in [9.17, 15) is 5.11 Å². The summed E-state index contributed by atoms with van der Waals surface area (Å²) in [6.07, 6.45) is 6.28. The first-order valence-corrected chi connectivity index (χ1v) is 7.00. The Labute approximate surface area is 131 Å². The molecule has 2 atom stereocenters. The van der Waals surface area contributed by atoms with Crippen molar-refractivity contribution in [2.24, 2.45) is 10.7 Å². The summed E-state index contributed by atoms with van der Waals surface area (Å²) in [6.45, 7) is -0.177. The molecule has 3 heterocycles. The Bertz CT molecular complexity index is 686. The van der Waals surface area contributed by atoms with E-state index < -0.39 is 11.5 Å². The molecule has 0 aliphatic carbocycles. The minimum atomic E-state index is -0.696. The van der Waals surface area contributed by atoms with E-state index >= 15 is 0 Å². The number of aliphatic hydroxyl groups excluding tert-OH is 1. The normalized spacial score (nSPS) is 19.5. The van der Waals surface area contributed by atoms with Gasteiger partial charge in [-0.25, -0.2) is 4.99 Å². The van der Waals surface area contributed by atoms with Gasteiger partial charge in [0.2, 0.25) is 0 Å². The second-order valence-electron chi connectivity index (χ2n) is 4.58. The Balaban J connectivity index is 1.96. The molecule has 3 N–H and O–H groups in total. The third-order valence-electron chi connectivity index (χ3n) is 3.19. The van der Waals surface area contributed by atoms with Gasteiger partial charge in [0.1, 0.15) is 5.82 Å². The standard InChI is InChI=1S/C13H14ClN7O/c14-12-13(21-17-5-6-18-21)19-11(15)7-20(12)10(8-22)9-3-1-2-4-16-9/h1-7,10,12,22H,8,15H2/t10-,12?/m1/s1. The van der Waals surface area contributed by atoms with E-state index in [4.69, 9.17) is 17.3 Å². The molecule has 0 bridgehead atoms. The van der Waals surface area contributed by atoms with Crippen LogP contribution in [0.25, 0.3) is 0 Å². The molecule has 2 aromatic rings. The average Bonchev–Trinajstić information content (AvgIpc) is 3.06. The minimum absolute atomic E-state index is 0.177. The number of aliphatic hydroxyl groups is 1. The average molecular weight is 320 g/mol. The molecule has 3 rings (SSSR count). The van der Waals surface area contributed by atoms with E-state index in [-0.39, 0.29) is 12.4 Å². The zero-order chi connectivity index (χ0) is 15.5. The Morgan fingerprint density at radius 3 is 2.68 bits per heavy atom. The molecule has 0 spiro atoms. The lowest BCUT2D eigenvalue weighted by atomic mass is 10.1. The van der Waals surface area contributed by atoms with Gasteiger partial charge in [0.05, 0.1) is 30.7 Å². The summed E-state index contributed by atoms with van der Waals surface area (Å²) >= 11 is 6.48. The van der Waals surface area contributed by atoms with Crippen LogP contribution in [0.1, 0.15) is 11.7 Å². The van der Waals surface area contributed by atoms with Crippen molar-refractivity contribution in [1.29, 1.82) is 0 Å². The number of rotatable bonds is 3. The summed E-state index contributed by atoms with van der Waals surface area (Å²) in [5, 5.41) is 17.8. The summed E-state index contributed by atoms with van der Waals surface area (Å²) < 4.78 is 0. The molecule has 0 amide bonds. The van der Waals surface area contributed by atoms with Crippen molar-refractivity contribution in [3.05, 3.63) is 54.5 Å². The van der Waals surface area contributed by atoms with Crippen LogP contribution in [0.4, 0.5) is 0 Å². The quantitative estimate of drug-likeness (QED) is 0.622. The van der Waals surface area contributed by atoms with E-state index in [0.29, 0.717) is 11.5 Å². The van der Waals surface area contributed by atoms with Crippen molar-refractivity contribution in [3.8, 4) is 0 Å². The highest BCUT2D eigenvalue weighted by atomic mass is 35.5. The first kappa shape index (κ1) is 14.5. The zero-order valence-electron chi connectivity index (χ0n) is 11.5. The van der Waals surface area contributed by atoms with Crippen LogP contribution in [0.5, 0.6) is 0 Å². The van der Waals surface area contributed by atoms with Gasteiger partial charge in [-0.2, -0.15) is 10.2 Å². The van der Waals surface area contributed by atoms with Crippen LogP contribution in [0.15, 0.2) is 53.8 Å². The maximum absolute atomic E-state index is 9.76. The fraction of sp³-hybridized carbons (Fsp3) is 0.231. The van der Waals surface area contributed by atoms with Crippen molar-refractivity contribution in [3.63, 3.8) is 0 Å². The monoisotopic (exact) mass is 319 g/mol. The lowest BCUT2D eigenvalue weighted by Crippen LogP contribution is -2.44. The van der Waals surface area contributed by atoms with Gasteiger partial charge in [0.25, 0.3) is 0 Å². The number of nitrogens with zero attached hydrogens (tertiary/aromatic N) is 6. The predicted octanol–water partition coefficient (Wildman–Crippen LogP) is 0.291. The summed E-state index contributed by atoms with van der Waals surface area (Å²) in [7, 11) is 0. The smallest absolute Gasteiger partial charge is 0.191 e. The van der Waals surface area contributed by atoms with Gasteiger partial charge in [-0.05, 0) is 12.1 Å². The maximum atomic E-state index is 9.76. The lowest BCUT2D eigenvalue weighted by molar-refractivity contribution is 0.163. The molecule has 0 saturated carbocycles. The molecule has 0 aromatic carbocycles. The SMILES string of the molecule is NC1=CN([C@H](CO)c2ccccn2)C(Cl)C(n2nccn2)=N1. The Morgan fingerprint density at radius 2 is 2.05 bits per heavy atom. The summed E-state index contributed by atoms with van der Waals surface area (Å²) in [6, 6.07) is 5.00. The van der Waals surface area contributed by atoms with Crippen molar-refractivity contribution in [1.82, 2.24) is 24.9 Å². The van der Waals surface area contributed by atoms with Gasteiger partial charge in [-0.15, -0.1) is 4.80 Å². The first-order chi connectivity index (χ1) is 10.7. The molecule has 2 aromatic heterocycles. The van der Waals surface area contributed by atoms with Crippen molar-refractivity contribution >= 4 is 17.4 Å². The van der Waals surface area contributed by atoms with Crippen LogP contribution in [0, 0.1) is 0 Å². The molecule has 9 heteroatoms. The molecule has 0 radical (unpaired) electrons. The minimum Gasteiger partial charge on any atom is -0.394 e. The van der Waals surface area contributed by atoms with E-state index in [1.54, 1.807) is 23.4 Å². The number of halogens is 1. The van der Waals surface area contributed by atoms with E-state index in [0.717, 1.165) is 0 Å². The van der Waals surface area contributed by atoms with Gasteiger partial charge < -0.3 is 15.7 Å². The van der Waals surface area contributed by atoms with Gasteiger partial charge in [0.15, 0.2) is 11.3 Å². The molecule has 1 aliphatic rings. The molecule has 1 unspecified atom stereocenters. The number of hydrogen-bond acceptors (Lipinski definition) is 7. The molecule has 114 valence electrons. The van der Waals surface area contributed by atoms with Crippen LogP contribution in [0.2, 0.25) is 0 Å². The second-order valence-corrected chi connectivity index (χ2v) is 4.99. The largest absolute Gasteiger partial charge is 0.394 e. The molecule has 1 aliphatic heterocycles. The van der Waals surface area contributed by atoms with Crippen LogP contribution in [-0.2, 0) is 0 Å². The van der Waals surface area contributed by atoms with Gasteiger partial charge in [-0.3, -0.25) is 4.98 Å². The predicted molar refractivity (Wildman–Crippen MR) is 80.7 cm³/mol. The molecule has 0 fully saturated rings. The molecule has 0 saturated heterocycles. The maximum Gasteiger partial charge on any atom is 0.191 e.